The van der Waals surface area contributed by atoms with Crippen LogP contribution in [0.15, 0.2) is 30.0 Å². The van der Waals surface area contributed by atoms with Crippen molar-refractivity contribution >= 4 is 11.5 Å². The average molecular weight is 207 g/mol. The lowest BCUT2D eigenvalue weighted by Crippen LogP contribution is -2.21. The van der Waals surface area contributed by atoms with Crippen LogP contribution in [-0.2, 0) is 4.79 Å². The molecule has 0 saturated carbocycles. The molecule has 0 fully saturated rings. The van der Waals surface area contributed by atoms with Crippen molar-refractivity contribution in [2.75, 3.05) is 13.6 Å². The SMILES string of the molecule is CN1CC(O)=C(c2ccccc2F)C1=O. The molecule has 15 heavy (non-hydrogen) atoms. The van der Waals surface area contributed by atoms with Gasteiger partial charge in [0.2, 0.25) is 0 Å². The molecule has 1 aliphatic rings. The van der Waals surface area contributed by atoms with Crippen LogP contribution in [0.25, 0.3) is 5.57 Å². The zero-order valence-electron chi connectivity index (χ0n) is 8.20. The number of benzene rings is 1. The molecule has 3 nitrogen and oxygen atoms in total. The summed E-state index contributed by atoms with van der Waals surface area (Å²) in [6, 6.07) is 5.92. The van der Waals surface area contributed by atoms with E-state index in [0.29, 0.717) is 0 Å². The predicted molar refractivity (Wildman–Crippen MR) is 53.6 cm³/mol. The minimum absolute atomic E-state index is 0.0654. The van der Waals surface area contributed by atoms with Gasteiger partial charge in [0.25, 0.3) is 5.91 Å². The van der Waals surface area contributed by atoms with Gasteiger partial charge in [0.05, 0.1) is 12.1 Å². The van der Waals surface area contributed by atoms with Crippen molar-refractivity contribution in [1.82, 2.24) is 4.90 Å². The second kappa shape index (κ2) is 3.38. The molecule has 0 unspecified atom stereocenters. The van der Waals surface area contributed by atoms with E-state index in [9.17, 15) is 14.3 Å². The van der Waals surface area contributed by atoms with Gasteiger partial charge in [-0.05, 0) is 6.07 Å². The number of carbonyl (C=O) groups is 1. The third-order valence-electron chi connectivity index (χ3n) is 2.38. The maximum atomic E-state index is 13.4. The highest BCUT2D eigenvalue weighted by Gasteiger charge is 2.30. The number of nitrogens with zero attached hydrogens (tertiary/aromatic N) is 1. The van der Waals surface area contributed by atoms with Crippen molar-refractivity contribution in [3.63, 3.8) is 0 Å². The number of aliphatic hydroxyl groups is 1. The van der Waals surface area contributed by atoms with Gasteiger partial charge in [0.1, 0.15) is 11.6 Å². The number of hydrogen-bond acceptors (Lipinski definition) is 2. The second-order valence-corrected chi connectivity index (χ2v) is 3.46. The van der Waals surface area contributed by atoms with Crippen LogP contribution in [0.4, 0.5) is 4.39 Å². The first-order chi connectivity index (χ1) is 7.11. The highest BCUT2D eigenvalue weighted by Crippen LogP contribution is 2.27. The molecular weight excluding hydrogens is 197 g/mol. The zero-order chi connectivity index (χ0) is 11.0. The van der Waals surface area contributed by atoms with Crippen LogP contribution in [0.5, 0.6) is 0 Å². The molecule has 2 rings (SSSR count). The van der Waals surface area contributed by atoms with Gasteiger partial charge >= 0.3 is 0 Å². The molecule has 0 spiro atoms. The first-order valence-corrected chi connectivity index (χ1v) is 4.53. The van der Waals surface area contributed by atoms with Crippen LogP contribution >= 0.6 is 0 Å². The van der Waals surface area contributed by atoms with Crippen LogP contribution in [0.1, 0.15) is 5.56 Å². The largest absolute Gasteiger partial charge is 0.510 e. The monoisotopic (exact) mass is 207 g/mol. The number of aliphatic hydroxyl groups excluding tert-OH is 1. The summed E-state index contributed by atoms with van der Waals surface area (Å²) in [7, 11) is 1.56. The Morgan fingerprint density at radius 1 is 1.40 bits per heavy atom. The molecule has 1 heterocycles. The Hall–Kier alpha value is -1.84. The molecule has 1 amide bonds. The summed E-state index contributed by atoms with van der Waals surface area (Å²) in [5.41, 5.74) is 0.222. The molecule has 4 heteroatoms. The van der Waals surface area contributed by atoms with Crippen molar-refractivity contribution in [2.24, 2.45) is 0 Å². The molecule has 1 N–H and O–H groups in total. The summed E-state index contributed by atoms with van der Waals surface area (Å²) >= 11 is 0. The fourth-order valence-corrected chi connectivity index (χ4v) is 1.62. The Labute approximate surface area is 86.4 Å². The Kier molecular flexibility index (Phi) is 2.19. The van der Waals surface area contributed by atoms with Gasteiger partial charge in [0.15, 0.2) is 0 Å². The number of likely N-dealkylation sites (N-methyl/N-ethyl adjacent to an activating group) is 1. The molecule has 78 valence electrons. The van der Waals surface area contributed by atoms with E-state index >= 15 is 0 Å². The number of amides is 1. The molecule has 0 radical (unpaired) electrons. The summed E-state index contributed by atoms with van der Waals surface area (Å²) in [4.78, 5) is 13.0. The topological polar surface area (TPSA) is 40.5 Å². The van der Waals surface area contributed by atoms with Gasteiger partial charge in [-0.1, -0.05) is 18.2 Å². The Bertz CT molecular complexity index is 454. The summed E-state index contributed by atoms with van der Waals surface area (Å²) in [6.07, 6.45) is 0. The molecule has 0 aliphatic carbocycles. The first kappa shape index (κ1) is 9.71. The van der Waals surface area contributed by atoms with E-state index in [0.717, 1.165) is 0 Å². The van der Waals surface area contributed by atoms with E-state index in [1.807, 2.05) is 0 Å². The number of rotatable bonds is 1. The summed E-state index contributed by atoms with van der Waals surface area (Å²) < 4.78 is 13.4. The van der Waals surface area contributed by atoms with Crippen molar-refractivity contribution in [3.05, 3.63) is 41.4 Å². The van der Waals surface area contributed by atoms with Gasteiger partial charge in [-0.25, -0.2) is 4.39 Å². The maximum absolute atomic E-state index is 13.4. The average Bonchev–Trinajstić information content (AvgIpc) is 2.43. The summed E-state index contributed by atoms with van der Waals surface area (Å²) in [5.74, 6) is -0.923. The molecule has 1 aromatic carbocycles. The fraction of sp³-hybridized carbons (Fsp3) is 0.182. The van der Waals surface area contributed by atoms with E-state index in [1.165, 1.54) is 17.0 Å². The molecular formula is C11H10FNO2. The standard InChI is InChI=1S/C11H10FNO2/c1-13-6-9(14)10(11(13)15)7-4-2-3-5-8(7)12/h2-5,14H,6H2,1H3. The molecule has 0 aromatic heterocycles. The molecule has 0 saturated heterocycles. The lowest BCUT2D eigenvalue weighted by atomic mass is 10.1. The van der Waals surface area contributed by atoms with Crippen LogP contribution in [0.3, 0.4) is 0 Å². The van der Waals surface area contributed by atoms with Crippen molar-refractivity contribution < 1.29 is 14.3 Å². The molecule has 0 atom stereocenters. The van der Waals surface area contributed by atoms with E-state index in [4.69, 9.17) is 0 Å². The fourth-order valence-electron chi connectivity index (χ4n) is 1.62. The molecule has 1 aliphatic heterocycles. The van der Waals surface area contributed by atoms with E-state index in [-0.39, 0.29) is 29.3 Å². The van der Waals surface area contributed by atoms with E-state index < -0.39 is 5.82 Å². The lowest BCUT2D eigenvalue weighted by molar-refractivity contribution is -0.122. The van der Waals surface area contributed by atoms with Gasteiger partial charge in [-0.2, -0.15) is 0 Å². The highest BCUT2D eigenvalue weighted by molar-refractivity contribution is 6.22. The predicted octanol–water partition coefficient (Wildman–Crippen LogP) is 1.57. The summed E-state index contributed by atoms with van der Waals surface area (Å²) in [6.45, 7) is 0.141. The number of carbonyl (C=O) groups excluding carboxylic acids is 1. The van der Waals surface area contributed by atoms with Crippen LogP contribution in [0.2, 0.25) is 0 Å². The van der Waals surface area contributed by atoms with Crippen LogP contribution in [-0.4, -0.2) is 29.5 Å². The van der Waals surface area contributed by atoms with E-state index in [2.05, 4.69) is 0 Å². The van der Waals surface area contributed by atoms with Crippen LogP contribution < -0.4 is 0 Å². The highest BCUT2D eigenvalue weighted by atomic mass is 19.1. The Morgan fingerprint density at radius 2 is 2.07 bits per heavy atom. The third-order valence-corrected chi connectivity index (χ3v) is 2.38. The van der Waals surface area contributed by atoms with Gasteiger partial charge in [0, 0.05) is 12.6 Å². The number of halogens is 1. The quantitative estimate of drug-likeness (QED) is 0.759. The molecule has 1 aromatic rings. The minimum Gasteiger partial charge on any atom is -0.510 e. The van der Waals surface area contributed by atoms with E-state index in [1.54, 1.807) is 19.2 Å². The number of hydrogen-bond donors (Lipinski definition) is 1. The van der Waals surface area contributed by atoms with Gasteiger partial charge < -0.3 is 10.0 Å². The smallest absolute Gasteiger partial charge is 0.258 e. The summed E-state index contributed by atoms with van der Waals surface area (Å²) in [5, 5.41) is 9.56. The van der Waals surface area contributed by atoms with Crippen molar-refractivity contribution in [3.8, 4) is 0 Å². The van der Waals surface area contributed by atoms with Crippen molar-refractivity contribution in [1.29, 1.82) is 0 Å². The van der Waals surface area contributed by atoms with Gasteiger partial charge in [-0.3, -0.25) is 4.79 Å². The van der Waals surface area contributed by atoms with Crippen molar-refractivity contribution in [2.45, 2.75) is 0 Å². The zero-order valence-corrected chi connectivity index (χ0v) is 8.20. The van der Waals surface area contributed by atoms with Gasteiger partial charge in [-0.15, -0.1) is 0 Å². The first-order valence-electron chi connectivity index (χ1n) is 4.53. The normalized spacial score (nSPS) is 16.4. The molecule has 0 bridgehead atoms. The van der Waals surface area contributed by atoms with Crippen LogP contribution in [0, 0.1) is 5.82 Å². The Balaban J connectivity index is 2.53. The maximum Gasteiger partial charge on any atom is 0.258 e. The third kappa shape index (κ3) is 1.48. The minimum atomic E-state index is -0.497. The Morgan fingerprint density at radius 3 is 2.60 bits per heavy atom. The lowest BCUT2D eigenvalue weighted by Gasteiger charge is -2.07. The second-order valence-electron chi connectivity index (χ2n) is 3.46.